The number of ether oxygens (including phenoxy) is 4. The number of Topliss-reactive ketones (excluding diaryl/α,β-unsaturated/α-hetero) is 2. The minimum Gasteiger partial charge on any atom is -0.507 e. The van der Waals surface area contributed by atoms with Crippen molar-refractivity contribution < 1.29 is 38.4 Å². The molecule has 1 heterocycles. The molecular weight excluding hydrogens is 440 g/mol. The van der Waals surface area contributed by atoms with Crippen molar-refractivity contribution in [2.75, 3.05) is 21.3 Å². The van der Waals surface area contributed by atoms with Gasteiger partial charge in [0.05, 0.1) is 27.8 Å². The van der Waals surface area contributed by atoms with Gasteiger partial charge < -0.3 is 24.1 Å². The molecule has 9 heteroatoms. The summed E-state index contributed by atoms with van der Waals surface area (Å²) in [7, 11) is 4.06. The van der Waals surface area contributed by atoms with Crippen molar-refractivity contribution in [1.29, 1.82) is 0 Å². The Labute approximate surface area is 191 Å². The van der Waals surface area contributed by atoms with Crippen molar-refractivity contribution >= 4 is 29.1 Å². The predicted octanol–water partition coefficient (Wildman–Crippen LogP) is 3.93. The van der Waals surface area contributed by atoms with Gasteiger partial charge in [0.25, 0.3) is 0 Å². The Hall–Kier alpha value is -2.74. The SMILES string of the molecule is COC(=O)C[C@@H](C1=C(O)[C@@]2(Oc3c(Cl)c(OC)cc(OC)c3C2=O)[C@H](C)CC1=O)C(C)C. The van der Waals surface area contributed by atoms with Gasteiger partial charge in [-0.05, 0) is 5.92 Å². The lowest BCUT2D eigenvalue weighted by molar-refractivity contribution is -0.141. The van der Waals surface area contributed by atoms with Crippen LogP contribution in [0.15, 0.2) is 17.4 Å². The number of ketones is 2. The van der Waals surface area contributed by atoms with Crippen molar-refractivity contribution in [3.8, 4) is 17.2 Å². The van der Waals surface area contributed by atoms with Crippen LogP contribution in [0.5, 0.6) is 17.2 Å². The molecule has 1 aliphatic carbocycles. The molecule has 0 bridgehead atoms. The van der Waals surface area contributed by atoms with E-state index in [2.05, 4.69) is 0 Å². The molecule has 1 spiro atoms. The lowest BCUT2D eigenvalue weighted by Crippen LogP contribution is -2.53. The fourth-order valence-electron chi connectivity index (χ4n) is 4.50. The number of carbonyl (C=O) groups excluding carboxylic acids is 3. The number of aliphatic hydroxyl groups is 1. The van der Waals surface area contributed by atoms with Gasteiger partial charge in [-0.3, -0.25) is 14.4 Å². The zero-order valence-electron chi connectivity index (χ0n) is 18.9. The Morgan fingerprint density at radius 3 is 2.41 bits per heavy atom. The fourth-order valence-corrected chi connectivity index (χ4v) is 4.76. The molecule has 3 atom stereocenters. The van der Waals surface area contributed by atoms with Crippen LogP contribution in [0, 0.1) is 17.8 Å². The number of halogens is 1. The van der Waals surface area contributed by atoms with Crippen LogP contribution in [0.25, 0.3) is 0 Å². The van der Waals surface area contributed by atoms with Crippen LogP contribution in [-0.4, -0.2) is 49.6 Å². The minimum absolute atomic E-state index is 0.00621. The lowest BCUT2D eigenvalue weighted by Gasteiger charge is -2.39. The number of aliphatic hydroxyl groups excluding tert-OH is 1. The van der Waals surface area contributed by atoms with Crippen molar-refractivity contribution in [1.82, 2.24) is 0 Å². The normalized spacial score (nSPS) is 23.3. The Morgan fingerprint density at radius 1 is 1.25 bits per heavy atom. The van der Waals surface area contributed by atoms with Crippen molar-refractivity contribution in [3.63, 3.8) is 0 Å². The van der Waals surface area contributed by atoms with E-state index in [1.54, 1.807) is 6.92 Å². The van der Waals surface area contributed by atoms with Gasteiger partial charge in [0.1, 0.15) is 22.1 Å². The molecule has 2 aliphatic rings. The molecule has 1 aliphatic heterocycles. The molecule has 32 heavy (non-hydrogen) atoms. The van der Waals surface area contributed by atoms with Crippen LogP contribution in [0.3, 0.4) is 0 Å². The summed E-state index contributed by atoms with van der Waals surface area (Å²) in [5.74, 6) is -3.05. The van der Waals surface area contributed by atoms with Crippen LogP contribution >= 0.6 is 11.6 Å². The number of carbonyl (C=O) groups is 3. The first-order valence-corrected chi connectivity index (χ1v) is 10.6. The highest BCUT2D eigenvalue weighted by Gasteiger charge is 2.61. The van der Waals surface area contributed by atoms with E-state index in [1.807, 2.05) is 13.8 Å². The molecule has 1 N–H and O–H groups in total. The Kier molecular flexibility index (Phi) is 6.47. The van der Waals surface area contributed by atoms with Crippen LogP contribution in [0.2, 0.25) is 5.02 Å². The number of allylic oxidation sites excluding steroid dienone is 1. The van der Waals surface area contributed by atoms with Gasteiger partial charge in [-0.1, -0.05) is 32.4 Å². The second-order valence-electron chi connectivity index (χ2n) is 8.39. The van der Waals surface area contributed by atoms with Gasteiger partial charge in [0.2, 0.25) is 11.4 Å². The second-order valence-corrected chi connectivity index (χ2v) is 8.77. The van der Waals surface area contributed by atoms with Gasteiger partial charge >= 0.3 is 5.97 Å². The molecule has 0 unspecified atom stereocenters. The monoisotopic (exact) mass is 466 g/mol. The van der Waals surface area contributed by atoms with E-state index < -0.39 is 34.9 Å². The Bertz CT molecular complexity index is 1010. The molecule has 174 valence electrons. The molecule has 1 aromatic carbocycles. The molecule has 1 aromatic rings. The van der Waals surface area contributed by atoms with Crippen molar-refractivity contribution in [3.05, 3.63) is 28.0 Å². The molecule has 0 saturated carbocycles. The molecular formula is C23H27ClO8. The van der Waals surface area contributed by atoms with Crippen LogP contribution in [0.4, 0.5) is 0 Å². The summed E-state index contributed by atoms with van der Waals surface area (Å²) in [6, 6.07) is 1.47. The standard InChI is InChI=1S/C23H27ClO8/c1-10(2)12(8-16(26)31-6)17-13(25)7-11(3)23(21(17)27)22(28)18-14(29-4)9-15(30-5)19(24)20(18)32-23/h9-12,27H,7-8H2,1-6H3/t11-,12-,23+/m1/s1. The molecule has 0 saturated heterocycles. The van der Waals surface area contributed by atoms with E-state index >= 15 is 0 Å². The third-order valence-electron chi connectivity index (χ3n) is 6.30. The molecule has 3 rings (SSSR count). The van der Waals surface area contributed by atoms with E-state index in [9.17, 15) is 19.5 Å². The molecule has 0 amide bonds. The summed E-state index contributed by atoms with van der Waals surface area (Å²) in [6.45, 7) is 5.29. The van der Waals surface area contributed by atoms with E-state index in [0.29, 0.717) is 0 Å². The maximum Gasteiger partial charge on any atom is 0.306 e. The average Bonchev–Trinajstić information content (AvgIpc) is 3.07. The molecule has 0 radical (unpaired) electrons. The highest BCUT2D eigenvalue weighted by Crippen LogP contribution is 2.55. The maximum absolute atomic E-state index is 13.7. The first-order valence-electron chi connectivity index (χ1n) is 10.3. The maximum atomic E-state index is 13.7. The van der Waals surface area contributed by atoms with Gasteiger partial charge in [0, 0.05) is 29.9 Å². The zero-order chi connectivity index (χ0) is 24.0. The van der Waals surface area contributed by atoms with E-state index in [4.69, 9.17) is 30.5 Å². The van der Waals surface area contributed by atoms with Gasteiger partial charge in [-0.25, -0.2) is 0 Å². The van der Waals surface area contributed by atoms with E-state index in [1.165, 1.54) is 27.4 Å². The van der Waals surface area contributed by atoms with Crippen LogP contribution in [-0.2, 0) is 14.3 Å². The summed E-state index contributed by atoms with van der Waals surface area (Å²) >= 11 is 6.43. The fraction of sp³-hybridized carbons (Fsp3) is 0.522. The van der Waals surface area contributed by atoms with E-state index in [-0.39, 0.29) is 58.0 Å². The smallest absolute Gasteiger partial charge is 0.306 e. The topological polar surface area (TPSA) is 108 Å². The number of methoxy groups -OCH3 is 3. The third kappa shape index (κ3) is 3.41. The average molecular weight is 467 g/mol. The summed E-state index contributed by atoms with van der Waals surface area (Å²) in [6.07, 6.45) is -0.177. The quantitative estimate of drug-likeness (QED) is 0.628. The Balaban J connectivity index is 2.25. The molecule has 8 nitrogen and oxygen atoms in total. The largest absolute Gasteiger partial charge is 0.507 e. The number of hydrogen-bond acceptors (Lipinski definition) is 8. The van der Waals surface area contributed by atoms with Crippen molar-refractivity contribution in [2.45, 2.75) is 39.2 Å². The van der Waals surface area contributed by atoms with Crippen LogP contribution in [0.1, 0.15) is 44.0 Å². The molecule has 0 fully saturated rings. The molecule has 0 aromatic heterocycles. The third-order valence-corrected chi connectivity index (χ3v) is 6.66. The van der Waals surface area contributed by atoms with Crippen LogP contribution < -0.4 is 14.2 Å². The van der Waals surface area contributed by atoms with Gasteiger partial charge in [0.15, 0.2) is 17.3 Å². The van der Waals surface area contributed by atoms with Gasteiger partial charge in [-0.2, -0.15) is 0 Å². The number of fused-ring (bicyclic) bond motifs is 1. The number of hydrogen-bond donors (Lipinski definition) is 1. The second kappa shape index (κ2) is 8.65. The van der Waals surface area contributed by atoms with Crippen molar-refractivity contribution in [2.24, 2.45) is 17.8 Å². The highest BCUT2D eigenvalue weighted by molar-refractivity contribution is 6.35. The first kappa shape index (κ1) is 23.9. The summed E-state index contributed by atoms with van der Waals surface area (Å²) < 4.78 is 21.5. The van der Waals surface area contributed by atoms with Gasteiger partial charge in [-0.15, -0.1) is 0 Å². The van der Waals surface area contributed by atoms with E-state index in [0.717, 1.165) is 0 Å². The number of benzene rings is 1. The summed E-state index contributed by atoms with van der Waals surface area (Å²) in [4.78, 5) is 38.8. The number of esters is 1. The Morgan fingerprint density at radius 2 is 1.88 bits per heavy atom. The summed E-state index contributed by atoms with van der Waals surface area (Å²) in [5, 5.41) is 11.5. The summed E-state index contributed by atoms with van der Waals surface area (Å²) in [5.41, 5.74) is -1.79. The minimum atomic E-state index is -1.86. The first-order chi connectivity index (χ1) is 15.0. The highest BCUT2D eigenvalue weighted by atomic mass is 35.5. The lowest BCUT2D eigenvalue weighted by atomic mass is 9.68. The number of rotatable bonds is 6. The predicted molar refractivity (Wildman–Crippen MR) is 116 cm³/mol. The zero-order valence-corrected chi connectivity index (χ0v) is 19.7.